The van der Waals surface area contributed by atoms with Crippen LogP contribution in [0.25, 0.3) is 0 Å². The molecular formula is C10H21N. The van der Waals surface area contributed by atoms with Crippen LogP contribution in [0.2, 0.25) is 0 Å². The Morgan fingerprint density at radius 1 is 1.45 bits per heavy atom. The van der Waals surface area contributed by atoms with Crippen LogP contribution in [0.1, 0.15) is 39.5 Å². The zero-order valence-corrected chi connectivity index (χ0v) is 7.90. The van der Waals surface area contributed by atoms with Crippen molar-refractivity contribution in [2.45, 2.75) is 39.5 Å². The van der Waals surface area contributed by atoms with E-state index in [2.05, 4.69) is 20.4 Å². The molecule has 1 atom stereocenters. The molecule has 0 bridgehead atoms. The van der Waals surface area contributed by atoms with Crippen molar-refractivity contribution in [2.75, 3.05) is 6.54 Å². The Morgan fingerprint density at radius 3 is 2.45 bits per heavy atom. The maximum atomic E-state index is 5.50. The van der Waals surface area contributed by atoms with Crippen molar-refractivity contribution in [3.63, 3.8) is 0 Å². The lowest BCUT2D eigenvalue weighted by Crippen LogP contribution is -2.09. The lowest BCUT2D eigenvalue weighted by atomic mass is 9.92. The van der Waals surface area contributed by atoms with Gasteiger partial charge in [0.25, 0.3) is 0 Å². The topological polar surface area (TPSA) is 26.0 Å². The first-order valence-corrected chi connectivity index (χ1v) is 4.57. The Bertz CT molecular complexity index is 107. The number of nitrogens with two attached hydrogens (primary N) is 1. The first-order valence-electron chi connectivity index (χ1n) is 4.57. The van der Waals surface area contributed by atoms with Crippen molar-refractivity contribution in [1.29, 1.82) is 0 Å². The SMILES string of the molecule is C=C(C)C(CCN)CCCC. The first-order chi connectivity index (χ1) is 5.22. The highest BCUT2D eigenvalue weighted by molar-refractivity contribution is 4.95. The Morgan fingerprint density at radius 2 is 2.09 bits per heavy atom. The lowest BCUT2D eigenvalue weighted by Gasteiger charge is -2.14. The van der Waals surface area contributed by atoms with E-state index >= 15 is 0 Å². The van der Waals surface area contributed by atoms with Crippen LogP contribution in [0.4, 0.5) is 0 Å². The van der Waals surface area contributed by atoms with Crippen molar-refractivity contribution in [3.8, 4) is 0 Å². The molecule has 0 amide bonds. The molecule has 0 aromatic carbocycles. The second kappa shape index (κ2) is 6.41. The molecule has 0 aromatic heterocycles. The molecule has 0 heterocycles. The van der Waals surface area contributed by atoms with E-state index in [1.54, 1.807) is 0 Å². The predicted octanol–water partition coefficient (Wildman–Crippen LogP) is 2.72. The standard InChI is InChI=1S/C10H21N/c1-4-5-6-10(7-8-11)9(2)3/h10H,2,4-8,11H2,1,3H3. The molecule has 0 aliphatic rings. The van der Waals surface area contributed by atoms with Crippen LogP contribution in [0.3, 0.4) is 0 Å². The van der Waals surface area contributed by atoms with Crippen LogP contribution >= 0.6 is 0 Å². The molecule has 1 nitrogen and oxygen atoms in total. The van der Waals surface area contributed by atoms with Gasteiger partial charge in [-0.25, -0.2) is 0 Å². The minimum Gasteiger partial charge on any atom is -0.330 e. The molecule has 0 aliphatic carbocycles. The van der Waals surface area contributed by atoms with E-state index in [4.69, 9.17) is 5.73 Å². The van der Waals surface area contributed by atoms with Crippen molar-refractivity contribution >= 4 is 0 Å². The maximum absolute atomic E-state index is 5.50. The third-order valence-corrected chi connectivity index (χ3v) is 2.12. The van der Waals surface area contributed by atoms with Gasteiger partial charge in [-0.05, 0) is 32.2 Å². The summed E-state index contributed by atoms with van der Waals surface area (Å²) in [6.45, 7) is 9.09. The zero-order valence-electron chi connectivity index (χ0n) is 7.90. The summed E-state index contributed by atoms with van der Waals surface area (Å²) >= 11 is 0. The van der Waals surface area contributed by atoms with Crippen molar-refractivity contribution in [1.82, 2.24) is 0 Å². The molecule has 0 rings (SSSR count). The second-order valence-electron chi connectivity index (χ2n) is 3.26. The van der Waals surface area contributed by atoms with Crippen LogP contribution in [0, 0.1) is 5.92 Å². The van der Waals surface area contributed by atoms with Gasteiger partial charge in [0, 0.05) is 0 Å². The first kappa shape index (κ1) is 10.7. The number of allylic oxidation sites excluding steroid dienone is 1. The minimum atomic E-state index is 0.667. The van der Waals surface area contributed by atoms with Crippen molar-refractivity contribution in [3.05, 3.63) is 12.2 Å². The Labute approximate surface area is 70.7 Å². The Balaban J connectivity index is 3.60. The molecule has 0 saturated carbocycles. The summed E-state index contributed by atoms with van der Waals surface area (Å²) in [4.78, 5) is 0. The van der Waals surface area contributed by atoms with Gasteiger partial charge in [0.05, 0.1) is 0 Å². The molecule has 0 aliphatic heterocycles. The summed E-state index contributed by atoms with van der Waals surface area (Å²) in [6, 6.07) is 0. The summed E-state index contributed by atoms with van der Waals surface area (Å²) < 4.78 is 0. The molecule has 0 saturated heterocycles. The lowest BCUT2D eigenvalue weighted by molar-refractivity contribution is 0.501. The molecule has 0 radical (unpaired) electrons. The molecule has 0 spiro atoms. The van der Waals surface area contributed by atoms with Gasteiger partial charge in [0.1, 0.15) is 0 Å². The molecular weight excluding hydrogens is 134 g/mol. The quantitative estimate of drug-likeness (QED) is 0.586. The minimum absolute atomic E-state index is 0.667. The molecule has 11 heavy (non-hydrogen) atoms. The third kappa shape index (κ3) is 5.02. The monoisotopic (exact) mass is 155 g/mol. The smallest absolute Gasteiger partial charge is 0.00716 e. The van der Waals surface area contributed by atoms with E-state index in [9.17, 15) is 0 Å². The Kier molecular flexibility index (Phi) is 6.24. The van der Waals surface area contributed by atoms with Crippen LogP contribution in [-0.4, -0.2) is 6.54 Å². The van der Waals surface area contributed by atoms with Gasteiger partial charge < -0.3 is 5.73 Å². The number of hydrogen-bond donors (Lipinski definition) is 1. The van der Waals surface area contributed by atoms with Gasteiger partial charge in [0.2, 0.25) is 0 Å². The third-order valence-electron chi connectivity index (χ3n) is 2.12. The van der Waals surface area contributed by atoms with Gasteiger partial charge in [-0.15, -0.1) is 0 Å². The summed E-state index contributed by atoms with van der Waals surface area (Å²) in [5.74, 6) is 0.667. The maximum Gasteiger partial charge on any atom is -0.00716 e. The molecule has 1 heteroatoms. The highest BCUT2D eigenvalue weighted by Gasteiger charge is 2.06. The molecule has 66 valence electrons. The zero-order chi connectivity index (χ0) is 8.69. The average Bonchev–Trinajstić information content (AvgIpc) is 1.97. The summed E-state index contributed by atoms with van der Waals surface area (Å²) in [7, 11) is 0. The van der Waals surface area contributed by atoms with Gasteiger partial charge in [-0.2, -0.15) is 0 Å². The molecule has 1 unspecified atom stereocenters. The van der Waals surface area contributed by atoms with Crippen LogP contribution in [0.15, 0.2) is 12.2 Å². The van der Waals surface area contributed by atoms with E-state index < -0.39 is 0 Å². The van der Waals surface area contributed by atoms with Gasteiger partial charge in [-0.3, -0.25) is 0 Å². The second-order valence-corrected chi connectivity index (χ2v) is 3.26. The number of unbranched alkanes of at least 4 members (excludes halogenated alkanes) is 1. The van der Waals surface area contributed by atoms with E-state index in [0.29, 0.717) is 5.92 Å². The molecule has 2 N–H and O–H groups in total. The predicted molar refractivity (Wildman–Crippen MR) is 51.5 cm³/mol. The van der Waals surface area contributed by atoms with E-state index in [1.165, 1.54) is 24.8 Å². The summed E-state index contributed by atoms with van der Waals surface area (Å²) in [5, 5.41) is 0. The number of rotatable bonds is 6. The van der Waals surface area contributed by atoms with E-state index in [-0.39, 0.29) is 0 Å². The van der Waals surface area contributed by atoms with E-state index in [1.807, 2.05) is 0 Å². The fourth-order valence-electron chi connectivity index (χ4n) is 1.29. The average molecular weight is 155 g/mol. The van der Waals surface area contributed by atoms with Crippen molar-refractivity contribution in [2.24, 2.45) is 11.7 Å². The normalized spacial score (nSPS) is 13.0. The van der Waals surface area contributed by atoms with Crippen molar-refractivity contribution < 1.29 is 0 Å². The van der Waals surface area contributed by atoms with Gasteiger partial charge in [-0.1, -0.05) is 31.9 Å². The van der Waals surface area contributed by atoms with E-state index in [0.717, 1.165) is 13.0 Å². The van der Waals surface area contributed by atoms with Crippen LogP contribution in [-0.2, 0) is 0 Å². The van der Waals surface area contributed by atoms with Crippen LogP contribution < -0.4 is 5.73 Å². The fourth-order valence-corrected chi connectivity index (χ4v) is 1.29. The summed E-state index contributed by atoms with van der Waals surface area (Å²) in [5.41, 5.74) is 6.79. The Hall–Kier alpha value is -0.300. The highest BCUT2D eigenvalue weighted by atomic mass is 14.5. The largest absolute Gasteiger partial charge is 0.330 e. The molecule has 0 fully saturated rings. The highest BCUT2D eigenvalue weighted by Crippen LogP contribution is 2.19. The molecule has 0 aromatic rings. The van der Waals surface area contributed by atoms with Gasteiger partial charge in [0.15, 0.2) is 0 Å². The summed E-state index contributed by atoms with van der Waals surface area (Å²) in [6.07, 6.45) is 4.95. The van der Waals surface area contributed by atoms with Crippen LogP contribution in [0.5, 0.6) is 0 Å². The number of hydrogen-bond acceptors (Lipinski definition) is 1. The van der Waals surface area contributed by atoms with Gasteiger partial charge >= 0.3 is 0 Å². The fraction of sp³-hybridized carbons (Fsp3) is 0.800.